The molecular formula is C18H20Br2N2O3. The number of hydrogen-bond acceptors (Lipinski definition) is 4. The van der Waals surface area contributed by atoms with Gasteiger partial charge < -0.3 is 20.1 Å². The van der Waals surface area contributed by atoms with Crippen LogP contribution in [0.1, 0.15) is 13.8 Å². The predicted molar refractivity (Wildman–Crippen MR) is 108 cm³/mol. The van der Waals surface area contributed by atoms with E-state index in [1.165, 1.54) is 0 Å². The molecule has 2 aromatic rings. The topological polar surface area (TPSA) is 59.6 Å². The van der Waals surface area contributed by atoms with E-state index in [1.807, 2.05) is 43.3 Å². The monoisotopic (exact) mass is 470 g/mol. The Balaban J connectivity index is 2.05. The molecule has 1 atom stereocenters. The Morgan fingerprint density at radius 2 is 1.92 bits per heavy atom. The Morgan fingerprint density at radius 3 is 2.56 bits per heavy atom. The van der Waals surface area contributed by atoms with E-state index in [1.54, 1.807) is 14.0 Å². The Hall–Kier alpha value is -1.73. The van der Waals surface area contributed by atoms with E-state index >= 15 is 0 Å². The van der Waals surface area contributed by atoms with E-state index in [0.717, 1.165) is 14.6 Å². The van der Waals surface area contributed by atoms with Crippen LogP contribution in [0.5, 0.6) is 11.5 Å². The van der Waals surface area contributed by atoms with Gasteiger partial charge in [0.1, 0.15) is 6.04 Å². The van der Waals surface area contributed by atoms with Crippen LogP contribution in [0.2, 0.25) is 0 Å². The van der Waals surface area contributed by atoms with Crippen LogP contribution in [-0.2, 0) is 4.79 Å². The smallest absolute Gasteiger partial charge is 0.246 e. The fourth-order valence-electron chi connectivity index (χ4n) is 2.18. The molecule has 0 spiro atoms. The van der Waals surface area contributed by atoms with E-state index < -0.39 is 6.04 Å². The van der Waals surface area contributed by atoms with Gasteiger partial charge in [0, 0.05) is 20.7 Å². The molecule has 1 amide bonds. The highest BCUT2D eigenvalue weighted by Crippen LogP contribution is 2.30. The highest BCUT2D eigenvalue weighted by Gasteiger charge is 2.15. The van der Waals surface area contributed by atoms with E-state index in [9.17, 15) is 4.79 Å². The highest BCUT2D eigenvalue weighted by atomic mass is 79.9. The van der Waals surface area contributed by atoms with Crippen LogP contribution in [0.3, 0.4) is 0 Å². The van der Waals surface area contributed by atoms with E-state index in [0.29, 0.717) is 23.8 Å². The van der Waals surface area contributed by atoms with Crippen LogP contribution in [0.15, 0.2) is 45.3 Å². The molecule has 0 unspecified atom stereocenters. The minimum Gasteiger partial charge on any atom is -0.493 e. The first-order valence-corrected chi connectivity index (χ1v) is 9.36. The van der Waals surface area contributed by atoms with Crippen molar-refractivity contribution in [2.24, 2.45) is 0 Å². The summed E-state index contributed by atoms with van der Waals surface area (Å²) in [5, 5.41) is 6.06. The summed E-state index contributed by atoms with van der Waals surface area (Å²) in [6.07, 6.45) is 0. The van der Waals surface area contributed by atoms with Gasteiger partial charge in [-0.2, -0.15) is 0 Å². The molecule has 0 aliphatic heterocycles. The van der Waals surface area contributed by atoms with Gasteiger partial charge in [-0.15, -0.1) is 0 Å². The summed E-state index contributed by atoms with van der Waals surface area (Å²) in [4.78, 5) is 12.4. The van der Waals surface area contributed by atoms with Crippen molar-refractivity contribution in [3.63, 3.8) is 0 Å². The number of nitrogens with one attached hydrogen (secondary N) is 2. The molecule has 0 fully saturated rings. The number of hydrogen-bond donors (Lipinski definition) is 2. The second-order valence-electron chi connectivity index (χ2n) is 5.28. The van der Waals surface area contributed by atoms with Gasteiger partial charge in [-0.1, -0.05) is 15.9 Å². The first kappa shape index (κ1) is 19.6. The lowest BCUT2D eigenvalue weighted by atomic mass is 10.2. The maximum absolute atomic E-state index is 12.4. The third-order valence-corrected chi connectivity index (χ3v) is 4.58. The first-order valence-electron chi connectivity index (χ1n) is 7.78. The number of rotatable bonds is 7. The predicted octanol–water partition coefficient (Wildman–Crippen LogP) is 5.06. The van der Waals surface area contributed by atoms with E-state index in [4.69, 9.17) is 9.47 Å². The molecular weight excluding hydrogens is 452 g/mol. The summed E-state index contributed by atoms with van der Waals surface area (Å²) in [6.45, 7) is 4.27. The zero-order valence-electron chi connectivity index (χ0n) is 14.2. The second kappa shape index (κ2) is 9.10. The number of amides is 1. The molecule has 0 aliphatic rings. The number of carbonyl (C=O) groups is 1. The molecule has 0 radical (unpaired) electrons. The highest BCUT2D eigenvalue weighted by molar-refractivity contribution is 9.11. The zero-order chi connectivity index (χ0) is 18.4. The average molecular weight is 472 g/mol. The molecule has 25 heavy (non-hydrogen) atoms. The molecule has 0 aromatic heterocycles. The lowest BCUT2D eigenvalue weighted by molar-refractivity contribution is -0.116. The maximum Gasteiger partial charge on any atom is 0.246 e. The largest absolute Gasteiger partial charge is 0.493 e. The van der Waals surface area contributed by atoms with Crippen LogP contribution in [0.25, 0.3) is 0 Å². The Bertz CT molecular complexity index is 753. The van der Waals surface area contributed by atoms with Crippen molar-refractivity contribution in [3.05, 3.63) is 45.3 Å². The molecule has 7 heteroatoms. The summed E-state index contributed by atoms with van der Waals surface area (Å²) in [5.41, 5.74) is 1.49. The summed E-state index contributed by atoms with van der Waals surface area (Å²) < 4.78 is 12.6. The third kappa shape index (κ3) is 5.37. The van der Waals surface area contributed by atoms with Crippen LogP contribution >= 0.6 is 31.9 Å². The van der Waals surface area contributed by atoms with E-state index in [-0.39, 0.29) is 5.91 Å². The lowest BCUT2D eigenvalue weighted by Gasteiger charge is -2.17. The quantitative estimate of drug-likeness (QED) is 0.592. The number of halogens is 2. The van der Waals surface area contributed by atoms with Crippen LogP contribution in [0.4, 0.5) is 11.4 Å². The molecule has 0 aliphatic carbocycles. The molecule has 0 saturated carbocycles. The lowest BCUT2D eigenvalue weighted by Crippen LogP contribution is -2.32. The zero-order valence-corrected chi connectivity index (χ0v) is 17.4. The molecule has 0 heterocycles. The van der Waals surface area contributed by atoms with Crippen molar-refractivity contribution >= 4 is 49.1 Å². The molecule has 2 N–H and O–H groups in total. The summed E-state index contributed by atoms with van der Waals surface area (Å²) in [5.74, 6) is 1.15. The fraction of sp³-hybridized carbons (Fsp3) is 0.278. The molecule has 134 valence electrons. The Labute approximate surface area is 164 Å². The maximum atomic E-state index is 12.4. The minimum atomic E-state index is -0.432. The van der Waals surface area contributed by atoms with Gasteiger partial charge >= 0.3 is 0 Å². The summed E-state index contributed by atoms with van der Waals surface area (Å²) in [7, 11) is 1.59. The van der Waals surface area contributed by atoms with Crippen molar-refractivity contribution in [2.75, 3.05) is 24.4 Å². The number of benzene rings is 2. The van der Waals surface area contributed by atoms with Gasteiger partial charge in [0.25, 0.3) is 0 Å². The SMILES string of the molecule is CCOc1ccc(N[C@H](C)C(=O)Nc2ccc(Br)cc2Br)cc1OC. The summed E-state index contributed by atoms with van der Waals surface area (Å²) in [6, 6.07) is 10.6. The second-order valence-corrected chi connectivity index (χ2v) is 7.05. The fourth-order valence-corrected chi connectivity index (χ4v) is 3.33. The van der Waals surface area contributed by atoms with Crippen LogP contribution < -0.4 is 20.1 Å². The van der Waals surface area contributed by atoms with Gasteiger partial charge in [0.05, 0.1) is 19.4 Å². The van der Waals surface area contributed by atoms with Gasteiger partial charge in [-0.05, 0) is 60.1 Å². The standard InChI is InChI=1S/C18H20Br2N2O3/c1-4-25-16-8-6-13(10-17(16)24-3)21-11(2)18(23)22-15-7-5-12(19)9-14(15)20/h5-11,21H,4H2,1-3H3,(H,22,23)/t11-/m1/s1. The number of carbonyl (C=O) groups excluding carboxylic acids is 1. The van der Waals surface area contributed by atoms with Gasteiger partial charge in [-0.3, -0.25) is 4.79 Å². The minimum absolute atomic E-state index is 0.143. The summed E-state index contributed by atoms with van der Waals surface area (Å²) >= 11 is 6.83. The van der Waals surface area contributed by atoms with Crippen molar-refractivity contribution in [1.82, 2.24) is 0 Å². The number of methoxy groups -OCH3 is 1. The van der Waals surface area contributed by atoms with Gasteiger partial charge in [0.2, 0.25) is 5.91 Å². The van der Waals surface area contributed by atoms with Crippen molar-refractivity contribution in [1.29, 1.82) is 0 Å². The normalized spacial score (nSPS) is 11.6. The van der Waals surface area contributed by atoms with Crippen molar-refractivity contribution in [3.8, 4) is 11.5 Å². The van der Waals surface area contributed by atoms with Crippen molar-refractivity contribution < 1.29 is 14.3 Å². The van der Waals surface area contributed by atoms with E-state index in [2.05, 4.69) is 42.5 Å². The Morgan fingerprint density at radius 1 is 1.16 bits per heavy atom. The molecule has 0 saturated heterocycles. The first-order chi connectivity index (χ1) is 11.9. The molecule has 2 aromatic carbocycles. The van der Waals surface area contributed by atoms with Crippen molar-refractivity contribution in [2.45, 2.75) is 19.9 Å². The Kier molecular flexibility index (Phi) is 7.13. The van der Waals surface area contributed by atoms with Crippen LogP contribution in [-0.4, -0.2) is 25.7 Å². The average Bonchev–Trinajstić information content (AvgIpc) is 2.58. The number of anilines is 2. The number of ether oxygens (including phenoxy) is 2. The molecule has 5 nitrogen and oxygen atoms in total. The third-order valence-electron chi connectivity index (χ3n) is 3.43. The van der Waals surface area contributed by atoms with Crippen LogP contribution in [0, 0.1) is 0 Å². The van der Waals surface area contributed by atoms with Gasteiger partial charge in [0.15, 0.2) is 11.5 Å². The molecule has 0 bridgehead atoms. The molecule has 2 rings (SSSR count). The van der Waals surface area contributed by atoms with Gasteiger partial charge in [-0.25, -0.2) is 0 Å².